The molecule has 0 saturated carbocycles. The molecule has 20 heavy (non-hydrogen) atoms. The molecule has 0 aliphatic heterocycles. The van der Waals surface area contributed by atoms with Crippen molar-refractivity contribution in [2.75, 3.05) is 7.11 Å². The van der Waals surface area contributed by atoms with Gasteiger partial charge in [0.2, 0.25) is 0 Å². The van der Waals surface area contributed by atoms with E-state index in [1.165, 1.54) is 19.2 Å². The first kappa shape index (κ1) is 14.1. The molecule has 0 radical (unpaired) electrons. The van der Waals surface area contributed by atoms with Crippen LogP contribution in [0.3, 0.4) is 0 Å². The van der Waals surface area contributed by atoms with Crippen molar-refractivity contribution < 1.29 is 14.0 Å². The highest BCUT2D eigenvalue weighted by Crippen LogP contribution is 2.15. The largest absolute Gasteiger partial charge is 0.489 e. The maximum atomic E-state index is 13.0. The Morgan fingerprint density at radius 2 is 1.90 bits per heavy atom. The predicted molar refractivity (Wildman–Crippen MR) is 76.4 cm³/mol. The number of halogens is 1. The Hall–Kier alpha value is -2.36. The third kappa shape index (κ3) is 3.82. The molecule has 0 atom stereocenters. The number of benzene rings is 2. The van der Waals surface area contributed by atoms with Gasteiger partial charge in [0.25, 0.3) is 0 Å². The fourth-order valence-electron chi connectivity index (χ4n) is 1.78. The van der Waals surface area contributed by atoms with Crippen molar-refractivity contribution in [1.82, 2.24) is 0 Å². The van der Waals surface area contributed by atoms with Gasteiger partial charge in [0.15, 0.2) is 0 Å². The standard InChI is InChI=1S/C16H16FNO2/c1-12(18-19-2)14-6-8-16(9-7-14)20-11-13-4-3-5-15(17)10-13/h3-10H,11H2,1-2H3/b18-12+. The second kappa shape index (κ2) is 6.70. The number of rotatable bonds is 5. The number of nitrogens with zero attached hydrogens (tertiary/aromatic N) is 1. The molecule has 0 aliphatic rings. The van der Waals surface area contributed by atoms with Crippen LogP contribution in [0, 0.1) is 5.82 Å². The Balaban J connectivity index is 1.99. The first-order valence-corrected chi connectivity index (χ1v) is 6.24. The topological polar surface area (TPSA) is 30.8 Å². The Morgan fingerprint density at radius 1 is 1.15 bits per heavy atom. The van der Waals surface area contributed by atoms with Gasteiger partial charge in [0.05, 0.1) is 5.71 Å². The molecular formula is C16H16FNO2. The minimum absolute atomic E-state index is 0.257. The van der Waals surface area contributed by atoms with Gasteiger partial charge in [-0.25, -0.2) is 4.39 Å². The molecule has 0 bridgehead atoms. The molecule has 2 aromatic carbocycles. The van der Waals surface area contributed by atoms with E-state index in [1.54, 1.807) is 6.07 Å². The maximum absolute atomic E-state index is 13.0. The van der Waals surface area contributed by atoms with E-state index in [9.17, 15) is 4.39 Å². The van der Waals surface area contributed by atoms with Crippen molar-refractivity contribution >= 4 is 5.71 Å². The van der Waals surface area contributed by atoms with Crippen LogP contribution in [0.15, 0.2) is 53.7 Å². The molecule has 4 heteroatoms. The summed E-state index contributed by atoms with van der Waals surface area (Å²) in [6.45, 7) is 2.20. The van der Waals surface area contributed by atoms with E-state index >= 15 is 0 Å². The van der Waals surface area contributed by atoms with Crippen LogP contribution in [0.1, 0.15) is 18.1 Å². The lowest BCUT2D eigenvalue weighted by atomic mass is 10.1. The number of hydrogen-bond acceptors (Lipinski definition) is 3. The summed E-state index contributed by atoms with van der Waals surface area (Å²) in [5.41, 5.74) is 2.56. The Bertz CT molecular complexity index is 594. The number of oxime groups is 1. The van der Waals surface area contributed by atoms with Crippen molar-refractivity contribution in [3.63, 3.8) is 0 Å². The number of ether oxygens (including phenoxy) is 1. The first-order chi connectivity index (χ1) is 9.69. The van der Waals surface area contributed by atoms with Gasteiger partial charge >= 0.3 is 0 Å². The molecule has 0 spiro atoms. The van der Waals surface area contributed by atoms with E-state index < -0.39 is 0 Å². The highest BCUT2D eigenvalue weighted by molar-refractivity contribution is 5.98. The quantitative estimate of drug-likeness (QED) is 0.613. The minimum atomic E-state index is -0.257. The molecule has 3 nitrogen and oxygen atoms in total. The molecule has 0 fully saturated rings. The monoisotopic (exact) mass is 273 g/mol. The average Bonchev–Trinajstić information content (AvgIpc) is 2.46. The molecule has 104 valence electrons. The predicted octanol–water partition coefficient (Wildman–Crippen LogP) is 3.78. The highest BCUT2D eigenvalue weighted by atomic mass is 19.1. The molecular weight excluding hydrogens is 257 g/mol. The van der Waals surface area contributed by atoms with Gasteiger partial charge in [-0.05, 0) is 54.4 Å². The second-order valence-electron chi connectivity index (χ2n) is 4.30. The molecule has 0 saturated heterocycles. The summed E-state index contributed by atoms with van der Waals surface area (Å²) in [6, 6.07) is 13.9. The van der Waals surface area contributed by atoms with Crippen LogP contribution in [0.4, 0.5) is 4.39 Å². The summed E-state index contributed by atoms with van der Waals surface area (Å²) in [5.74, 6) is 0.469. The molecule has 0 heterocycles. The van der Waals surface area contributed by atoms with E-state index in [4.69, 9.17) is 9.57 Å². The zero-order chi connectivity index (χ0) is 14.4. The van der Waals surface area contributed by atoms with Crippen molar-refractivity contribution in [2.24, 2.45) is 5.16 Å². The molecule has 2 rings (SSSR count). The first-order valence-electron chi connectivity index (χ1n) is 6.24. The van der Waals surface area contributed by atoms with E-state index in [1.807, 2.05) is 37.3 Å². The molecule has 0 aromatic heterocycles. The summed E-state index contributed by atoms with van der Waals surface area (Å²) in [7, 11) is 1.51. The van der Waals surface area contributed by atoms with Crippen molar-refractivity contribution in [3.05, 3.63) is 65.5 Å². The van der Waals surface area contributed by atoms with Crippen molar-refractivity contribution in [1.29, 1.82) is 0 Å². The van der Waals surface area contributed by atoms with Gasteiger partial charge in [-0.1, -0.05) is 17.3 Å². The second-order valence-corrected chi connectivity index (χ2v) is 4.30. The Morgan fingerprint density at radius 3 is 2.55 bits per heavy atom. The van der Waals surface area contributed by atoms with Crippen molar-refractivity contribution in [3.8, 4) is 5.75 Å². The highest BCUT2D eigenvalue weighted by Gasteiger charge is 2.00. The summed E-state index contributed by atoms with van der Waals surface area (Å²) >= 11 is 0. The molecule has 0 unspecified atom stereocenters. The smallest absolute Gasteiger partial charge is 0.123 e. The summed E-state index contributed by atoms with van der Waals surface area (Å²) in [6.07, 6.45) is 0. The average molecular weight is 273 g/mol. The van der Waals surface area contributed by atoms with Gasteiger partial charge < -0.3 is 9.57 Å². The van der Waals surface area contributed by atoms with Gasteiger partial charge in [-0.2, -0.15) is 0 Å². The third-order valence-electron chi connectivity index (χ3n) is 2.79. The summed E-state index contributed by atoms with van der Waals surface area (Å²) in [4.78, 5) is 4.73. The lowest BCUT2D eigenvalue weighted by molar-refractivity contribution is 0.213. The van der Waals surface area contributed by atoms with E-state index in [-0.39, 0.29) is 5.82 Å². The zero-order valence-corrected chi connectivity index (χ0v) is 11.5. The molecule has 0 amide bonds. The molecule has 0 N–H and O–H groups in total. The third-order valence-corrected chi connectivity index (χ3v) is 2.79. The number of hydrogen-bond donors (Lipinski definition) is 0. The van der Waals surface area contributed by atoms with Gasteiger partial charge in [-0.15, -0.1) is 0 Å². The summed E-state index contributed by atoms with van der Waals surface area (Å²) < 4.78 is 18.6. The van der Waals surface area contributed by atoms with Crippen LogP contribution in [0.5, 0.6) is 5.75 Å². The summed E-state index contributed by atoms with van der Waals surface area (Å²) in [5, 5.41) is 3.86. The van der Waals surface area contributed by atoms with Crippen LogP contribution < -0.4 is 4.74 Å². The fourth-order valence-corrected chi connectivity index (χ4v) is 1.78. The SMILES string of the molecule is CO/N=C(\C)c1ccc(OCc2cccc(F)c2)cc1. The maximum Gasteiger partial charge on any atom is 0.123 e. The van der Waals surface area contributed by atoms with Gasteiger partial charge in [0, 0.05) is 0 Å². The Labute approximate surface area is 117 Å². The lowest BCUT2D eigenvalue weighted by Crippen LogP contribution is -1.98. The minimum Gasteiger partial charge on any atom is -0.489 e. The van der Waals surface area contributed by atoms with Crippen LogP contribution >= 0.6 is 0 Å². The van der Waals surface area contributed by atoms with E-state index in [0.29, 0.717) is 6.61 Å². The van der Waals surface area contributed by atoms with E-state index in [2.05, 4.69) is 5.16 Å². The van der Waals surface area contributed by atoms with Crippen LogP contribution in [0.25, 0.3) is 0 Å². The Kier molecular flexibility index (Phi) is 4.71. The van der Waals surface area contributed by atoms with Crippen LogP contribution in [0.2, 0.25) is 0 Å². The fraction of sp³-hybridized carbons (Fsp3) is 0.188. The zero-order valence-electron chi connectivity index (χ0n) is 11.5. The normalized spacial score (nSPS) is 11.2. The van der Waals surface area contributed by atoms with Gasteiger partial charge in [0.1, 0.15) is 25.3 Å². The van der Waals surface area contributed by atoms with Gasteiger partial charge in [-0.3, -0.25) is 0 Å². The van der Waals surface area contributed by atoms with E-state index in [0.717, 1.165) is 22.6 Å². The molecule has 2 aromatic rings. The lowest BCUT2D eigenvalue weighted by Gasteiger charge is -2.07. The van der Waals surface area contributed by atoms with Crippen LogP contribution in [-0.4, -0.2) is 12.8 Å². The van der Waals surface area contributed by atoms with Crippen LogP contribution in [-0.2, 0) is 11.4 Å². The molecule has 0 aliphatic carbocycles. The van der Waals surface area contributed by atoms with Crippen molar-refractivity contribution in [2.45, 2.75) is 13.5 Å².